The Labute approximate surface area is 199 Å². The number of hydrogen-bond donors (Lipinski definition) is 2. The van der Waals surface area contributed by atoms with Gasteiger partial charge in [-0.3, -0.25) is 9.69 Å². The van der Waals surface area contributed by atoms with E-state index in [-0.39, 0.29) is 24.0 Å². The van der Waals surface area contributed by atoms with E-state index in [4.69, 9.17) is 5.73 Å². The van der Waals surface area contributed by atoms with Crippen molar-refractivity contribution in [1.29, 1.82) is 0 Å². The first kappa shape index (κ1) is 24.3. The van der Waals surface area contributed by atoms with Crippen molar-refractivity contribution in [2.45, 2.75) is 31.8 Å². The average Bonchev–Trinajstić information content (AvgIpc) is 2.81. The number of carbonyl (C=O) groups is 2. The lowest BCUT2D eigenvalue weighted by molar-refractivity contribution is -0.140. The number of pyridine rings is 1. The predicted octanol–water partition coefficient (Wildman–Crippen LogP) is 4.81. The number of nitrogen functional groups attached to an aromatic ring is 1. The third kappa shape index (κ3) is 6.83. The molecule has 3 amide bonds. The summed E-state index contributed by atoms with van der Waals surface area (Å²) in [6.07, 6.45) is 5.05. The van der Waals surface area contributed by atoms with E-state index in [1.54, 1.807) is 18.0 Å². The van der Waals surface area contributed by atoms with Gasteiger partial charge < -0.3 is 11.1 Å². The van der Waals surface area contributed by atoms with Gasteiger partial charge in [0.05, 0.1) is 12.1 Å². The van der Waals surface area contributed by atoms with Crippen LogP contribution in [-0.4, -0.2) is 39.9 Å². The lowest BCUT2D eigenvalue weighted by atomic mass is 9.97. The van der Waals surface area contributed by atoms with Crippen molar-refractivity contribution in [3.05, 3.63) is 95.7 Å². The van der Waals surface area contributed by atoms with Crippen LogP contribution in [0.15, 0.2) is 79.0 Å². The zero-order valence-electron chi connectivity index (χ0n) is 19.0. The summed E-state index contributed by atoms with van der Waals surface area (Å²) in [5, 5.41) is 3.05. The Morgan fingerprint density at radius 2 is 1.73 bits per heavy atom. The number of β-lactam (4-membered cyclic amide) rings is 1. The summed E-state index contributed by atoms with van der Waals surface area (Å²) < 4.78 is 0. The summed E-state index contributed by atoms with van der Waals surface area (Å²) in [5.41, 5.74) is 8.49. The van der Waals surface area contributed by atoms with Crippen LogP contribution in [-0.2, 0) is 4.79 Å². The number of anilines is 1. The number of carbonyl (C=O) groups excluding carboxylic acids is 2. The number of aryl methyl sites for hydroxylation is 1. The number of hydrogen-bond acceptors (Lipinski definition) is 5. The zero-order valence-corrected chi connectivity index (χ0v) is 19.8. The van der Waals surface area contributed by atoms with Crippen molar-refractivity contribution >= 4 is 29.5 Å². The van der Waals surface area contributed by atoms with Gasteiger partial charge in [0.15, 0.2) is 0 Å². The van der Waals surface area contributed by atoms with Gasteiger partial charge in [-0.1, -0.05) is 60.7 Å². The number of thioether (sulfide) groups is 1. The van der Waals surface area contributed by atoms with Crippen LogP contribution in [0.2, 0.25) is 0 Å². The summed E-state index contributed by atoms with van der Waals surface area (Å²) in [4.78, 5) is 29.9. The maximum atomic E-state index is 12.8. The van der Waals surface area contributed by atoms with Crippen molar-refractivity contribution < 1.29 is 9.59 Å². The van der Waals surface area contributed by atoms with Crippen LogP contribution < -0.4 is 11.1 Å². The maximum absolute atomic E-state index is 12.8. The van der Waals surface area contributed by atoms with E-state index in [1.165, 1.54) is 4.90 Å². The number of likely N-dealkylation sites (tertiary alicyclic amines) is 1. The zero-order chi connectivity index (χ0) is 23.6. The molecule has 3 N–H and O–H groups in total. The molecule has 7 heteroatoms. The molecule has 1 aliphatic rings. The molecule has 0 radical (unpaired) electrons. The molecule has 0 aliphatic carbocycles. The molecular weight excluding hydrogens is 432 g/mol. The van der Waals surface area contributed by atoms with Crippen molar-refractivity contribution in [1.82, 2.24) is 15.2 Å². The third-order valence-electron chi connectivity index (χ3n) is 5.39. The first-order chi connectivity index (χ1) is 16.0. The highest BCUT2D eigenvalue weighted by atomic mass is 32.2. The minimum absolute atomic E-state index is 0.0205. The summed E-state index contributed by atoms with van der Waals surface area (Å²) >= 11 is 1.73. The molecule has 6 nitrogen and oxygen atoms in total. The standard InChI is InChI=1S/C20H22N2O2S.C6H8N2/c1-25-13-12-17-14-18(23)22(17)20(24)21-19(15-8-4-2-5-9-15)16-10-6-3-7-11-16;1-5-2-3-8-6(7)4-5/h2-11,17,19H,12-14H2,1H3,(H,21,24);2-4H,1H3,(H2,7,8). The second kappa shape index (κ2) is 12.1. The Hall–Kier alpha value is -3.32. The Kier molecular flexibility index (Phi) is 8.89. The summed E-state index contributed by atoms with van der Waals surface area (Å²) in [7, 11) is 0. The van der Waals surface area contributed by atoms with Crippen LogP contribution in [0.3, 0.4) is 0 Å². The minimum Gasteiger partial charge on any atom is -0.384 e. The number of aromatic nitrogens is 1. The van der Waals surface area contributed by atoms with Crippen LogP contribution >= 0.6 is 11.8 Å². The number of nitrogens with zero attached hydrogens (tertiary/aromatic N) is 2. The normalized spacial score (nSPS) is 14.8. The topological polar surface area (TPSA) is 88.3 Å². The van der Waals surface area contributed by atoms with E-state index in [0.717, 1.165) is 28.9 Å². The fraction of sp³-hybridized carbons (Fsp3) is 0.269. The monoisotopic (exact) mass is 462 g/mol. The Bertz CT molecular complexity index is 990. The number of amides is 3. The number of rotatable bonds is 6. The van der Waals surface area contributed by atoms with Gasteiger partial charge in [-0.25, -0.2) is 9.78 Å². The summed E-state index contributed by atoms with van der Waals surface area (Å²) in [5.74, 6) is 1.44. The lowest BCUT2D eigenvalue weighted by Gasteiger charge is -2.39. The number of nitrogens with one attached hydrogen (secondary N) is 1. The lowest BCUT2D eigenvalue weighted by Crippen LogP contribution is -2.59. The van der Waals surface area contributed by atoms with Gasteiger partial charge in [0.25, 0.3) is 0 Å². The number of nitrogens with two attached hydrogens (primary N) is 1. The second-order valence-corrected chi connectivity index (χ2v) is 8.85. The second-order valence-electron chi connectivity index (χ2n) is 7.87. The largest absolute Gasteiger partial charge is 0.384 e. The predicted molar refractivity (Wildman–Crippen MR) is 135 cm³/mol. The van der Waals surface area contributed by atoms with Crippen molar-refractivity contribution in [2.75, 3.05) is 17.7 Å². The van der Waals surface area contributed by atoms with Gasteiger partial charge >= 0.3 is 6.03 Å². The Morgan fingerprint density at radius 3 is 2.18 bits per heavy atom. The first-order valence-electron chi connectivity index (χ1n) is 10.9. The highest BCUT2D eigenvalue weighted by Crippen LogP contribution is 2.27. The van der Waals surface area contributed by atoms with Crippen LogP contribution in [0.4, 0.5) is 10.6 Å². The minimum atomic E-state index is -0.306. The molecule has 1 fully saturated rings. The first-order valence-corrected chi connectivity index (χ1v) is 12.3. The van der Waals surface area contributed by atoms with E-state index >= 15 is 0 Å². The quantitative estimate of drug-likeness (QED) is 0.513. The fourth-order valence-corrected chi connectivity index (χ4v) is 4.16. The third-order valence-corrected chi connectivity index (χ3v) is 6.03. The molecule has 2 heterocycles. The number of benzene rings is 2. The van der Waals surface area contributed by atoms with E-state index in [9.17, 15) is 9.59 Å². The van der Waals surface area contributed by atoms with Crippen LogP contribution in [0.5, 0.6) is 0 Å². The van der Waals surface area contributed by atoms with Crippen molar-refractivity contribution in [2.24, 2.45) is 0 Å². The summed E-state index contributed by atoms with van der Waals surface area (Å²) in [6.45, 7) is 1.98. The molecule has 0 spiro atoms. The van der Waals surface area contributed by atoms with Crippen LogP contribution in [0, 0.1) is 6.92 Å². The maximum Gasteiger partial charge on any atom is 0.325 e. The molecule has 1 saturated heterocycles. The highest BCUT2D eigenvalue weighted by molar-refractivity contribution is 7.98. The van der Waals surface area contributed by atoms with Crippen molar-refractivity contribution in [3.8, 4) is 0 Å². The van der Waals surface area contributed by atoms with E-state index in [2.05, 4.69) is 10.3 Å². The molecule has 4 rings (SSSR count). The number of imide groups is 1. The molecule has 1 unspecified atom stereocenters. The van der Waals surface area contributed by atoms with Gasteiger partial charge in [0, 0.05) is 12.6 Å². The van der Waals surface area contributed by atoms with Gasteiger partial charge in [-0.2, -0.15) is 11.8 Å². The van der Waals surface area contributed by atoms with Gasteiger partial charge in [0.2, 0.25) is 5.91 Å². The van der Waals surface area contributed by atoms with Crippen LogP contribution in [0.1, 0.15) is 35.6 Å². The molecule has 0 saturated carbocycles. The molecule has 0 bridgehead atoms. The molecule has 33 heavy (non-hydrogen) atoms. The molecular formula is C26H30N4O2S. The van der Waals surface area contributed by atoms with Crippen LogP contribution in [0.25, 0.3) is 0 Å². The average molecular weight is 463 g/mol. The fourth-order valence-electron chi connectivity index (χ4n) is 3.65. The van der Waals surface area contributed by atoms with Gasteiger partial charge in [0.1, 0.15) is 5.82 Å². The molecule has 1 aromatic heterocycles. The summed E-state index contributed by atoms with van der Waals surface area (Å²) in [6, 6.07) is 22.8. The Morgan fingerprint density at radius 1 is 1.12 bits per heavy atom. The van der Waals surface area contributed by atoms with Crippen molar-refractivity contribution in [3.63, 3.8) is 0 Å². The van der Waals surface area contributed by atoms with E-state index < -0.39 is 0 Å². The van der Waals surface area contributed by atoms with E-state index in [0.29, 0.717) is 12.2 Å². The Balaban J connectivity index is 0.000000323. The molecule has 1 aliphatic heterocycles. The SMILES string of the molecule is CSCCC1CC(=O)N1C(=O)NC(c1ccccc1)c1ccccc1.Cc1ccnc(N)c1. The van der Waals surface area contributed by atoms with Gasteiger partial charge in [-0.05, 0) is 54.2 Å². The molecule has 2 aromatic carbocycles. The van der Waals surface area contributed by atoms with Gasteiger partial charge in [-0.15, -0.1) is 0 Å². The smallest absolute Gasteiger partial charge is 0.325 e. The highest BCUT2D eigenvalue weighted by Gasteiger charge is 2.40. The van der Waals surface area contributed by atoms with E-state index in [1.807, 2.05) is 86.0 Å². The molecule has 1 atom stereocenters. The molecule has 3 aromatic rings. The number of urea groups is 1. The molecule has 172 valence electrons.